The van der Waals surface area contributed by atoms with E-state index in [0.717, 1.165) is 22.8 Å². The van der Waals surface area contributed by atoms with Crippen LogP contribution >= 0.6 is 11.3 Å². The van der Waals surface area contributed by atoms with E-state index in [4.69, 9.17) is 0 Å². The number of carbonyl (C=O) groups excluding carboxylic acids is 1. The van der Waals surface area contributed by atoms with Gasteiger partial charge >= 0.3 is 0 Å². The van der Waals surface area contributed by atoms with Crippen molar-refractivity contribution in [3.63, 3.8) is 0 Å². The molecule has 0 unspecified atom stereocenters. The first-order valence-electron chi connectivity index (χ1n) is 5.62. The molecule has 0 fully saturated rings. The zero-order chi connectivity index (χ0) is 14.0. The molecule has 0 saturated carbocycles. The Labute approximate surface area is 114 Å². The number of carbonyl (C=O) groups is 1. The number of aromatic hydroxyl groups is 1. The molecule has 0 radical (unpaired) electrons. The van der Waals surface area contributed by atoms with Crippen molar-refractivity contribution in [2.24, 2.45) is 0 Å². The van der Waals surface area contributed by atoms with Gasteiger partial charge in [-0.1, -0.05) is 0 Å². The average Bonchev–Trinajstić information content (AvgIpc) is 2.74. The largest absolute Gasteiger partial charge is 0.507 e. The van der Waals surface area contributed by atoms with Crippen LogP contribution in [0.4, 0.5) is 4.39 Å². The van der Waals surface area contributed by atoms with Crippen LogP contribution in [0.25, 0.3) is 0 Å². The van der Waals surface area contributed by atoms with Gasteiger partial charge in [-0.25, -0.2) is 9.37 Å². The normalized spacial score (nSPS) is 10.5. The predicted octanol–water partition coefficient (Wildman–Crippen LogP) is 2.57. The maximum absolute atomic E-state index is 12.9. The van der Waals surface area contributed by atoms with Crippen LogP contribution in [0.5, 0.6) is 5.75 Å². The molecule has 2 aromatic rings. The first-order valence-corrected chi connectivity index (χ1v) is 6.50. The van der Waals surface area contributed by atoms with Gasteiger partial charge in [-0.3, -0.25) is 4.79 Å². The molecule has 0 aliphatic rings. The van der Waals surface area contributed by atoms with Crippen molar-refractivity contribution in [3.05, 3.63) is 45.7 Å². The fourth-order valence-corrected chi connectivity index (χ4v) is 2.29. The summed E-state index contributed by atoms with van der Waals surface area (Å²) in [5.41, 5.74) is 0.871. The molecule has 6 heteroatoms. The maximum Gasteiger partial charge on any atom is 0.257 e. The van der Waals surface area contributed by atoms with Gasteiger partial charge in [-0.05, 0) is 19.1 Å². The minimum Gasteiger partial charge on any atom is -0.507 e. The van der Waals surface area contributed by atoms with Crippen molar-refractivity contribution in [2.45, 2.75) is 13.5 Å². The van der Waals surface area contributed by atoms with Crippen molar-refractivity contribution in [2.75, 3.05) is 7.05 Å². The van der Waals surface area contributed by atoms with E-state index in [-0.39, 0.29) is 17.2 Å². The highest BCUT2D eigenvalue weighted by atomic mass is 32.1. The number of phenols is 1. The zero-order valence-electron chi connectivity index (χ0n) is 10.6. The topological polar surface area (TPSA) is 53.4 Å². The molecule has 2 rings (SSSR count). The Morgan fingerprint density at radius 3 is 2.84 bits per heavy atom. The van der Waals surface area contributed by atoms with Crippen molar-refractivity contribution in [1.29, 1.82) is 0 Å². The molecule has 1 aromatic carbocycles. The highest BCUT2D eigenvalue weighted by molar-refractivity contribution is 7.09. The number of benzene rings is 1. The standard InChI is InChI=1S/C13H13FN2O2S/c1-8-15-10(7-19-8)6-16(2)13(18)11-4-3-9(14)5-12(11)17/h3-5,7,17H,6H2,1-2H3. The molecule has 0 saturated heterocycles. The highest BCUT2D eigenvalue weighted by Gasteiger charge is 2.17. The first-order chi connectivity index (χ1) is 8.97. The summed E-state index contributed by atoms with van der Waals surface area (Å²) < 4.78 is 12.9. The first kappa shape index (κ1) is 13.5. The minimum atomic E-state index is -0.577. The number of halogens is 1. The molecular formula is C13H13FN2O2S. The number of phenolic OH excluding ortho intramolecular Hbond substituents is 1. The zero-order valence-corrected chi connectivity index (χ0v) is 11.4. The lowest BCUT2D eigenvalue weighted by Crippen LogP contribution is -2.26. The summed E-state index contributed by atoms with van der Waals surface area (Å²) >= 11 is 1.51. The smallest absolute Gasteiger partial charge is 0.257 e. The van der Waals surface area contributed by atoms with E-state index in [2.05, 4.69) is 4.98 Å². The van der Waals surface area contributed by atoms with Gasteiger partial charge in [0.1, 0.15) is 11.6 Å². The maximum atomic E-state index is 12.9. The molecule has 0 bridgehead atoms. The van der Waals surface area contributed by atoms with E-state index in [9.17, 15) is 14.3 Å². The van der Waals surface area contributed by atoms with Gasteiger partial charge < -0.3 is 10.0 Å². The third-order valence-corrected chi connectivity index (χ3v) is 3.42. The molecule has 1 N–H and O–H groups in total. The fraction of sp³-hybridized carbons (Fsp3) is 0.231. The Bertz CT molecular complexity index is 612. The summed E-state index contributed by atoms with van der Waals surface area (Å²) in [5.74, 6) is -1.30. The summed E-state index contributed by atoms with van der Waals surface area (Å²) in [6.45, 7) is 2.24. The van der Waals surface area contributed by atoms with E-state index in [1.165, 1.54) is 22.3 Å². The number of rotatable bonds is 3. The monoisotopic (exact) mass is 280 g/mol. The summed E-state index contributed by atoms with van der Waals surface area (Å²) in [6.07, 6.45) is 0. The van der Waals surface area contributed by atoms with Gasteiger partial charge in [0, 0.05) is 18.5 Å². The van der Waals surface area contributed by atoms with E-state index < -0.39 is 5.82 Å². The summed E-state index contributed by atoms with van der Waals surface area (Å²) in [6, 6.07) is 3.34. The highest BCUT2D eigenvalue weighted by Crippen LogP contribution is 2.20. The van der Waals surface area contributed by atoms with Gasteiger partial charge in [0.05, 0.1) is 22.8 Å². The SMILES string of the molecule is Cc1nc(CN(C)C(=O)c2ccc(F)cc2O)cs1. The number of thiazole rings is 1. The van der Waals surface area contributed by atoms with Crippen LogP contribution in [-0.4, -0.2) is 27.9 Å². The number of amides is 1. The van der Waals surface area contributed by atoms with Crippen LogP contribution in [0.3, 0.4) is 0 Å². The van der Waals surface area contributed by atoms with Crippen LogP contribution in [-0.2, 0) is 6.54 Å². The molecule has 1 aromatic heterocycles. The molecule has 4 nitrogen and oxygen atoms in total. The number of hydrogen-bond donors (Lipinski definition) is 1. The Kier molecular flexibility index (Phi) is 3.80. The quantitative estimate of drug-likeness (QED) is 0.940. The number of hydrogen-bond acceptors (Lipinski definition) is 4. The van der Waals surface area contributed by atoms with E-state index >= 15 is 0 Å². The third-order valence-electron chi connectivity index (χ3n) is 2.60. The number of nitrogens with zero attached hydrogens (tertiary/aromatic N) is 2. The molecule has 0 spiro atoms. The van der Waals surface area contributed by atoms with Crippen LogP contribution in [0, 0.1) is 12.7 Å². The Hall–Kier alpha value is -1.95. The van der Waals surface area contributed by atoms with Gasteiger partial charge in [-0.15, -0.1) is 11.3 Å². The van der Waals surface area contributed by atoms with E-state index in [1.807, 2.05) is 12.3 Å². The molecular weight excluding hydrogens is 267 g/mol. The average molecular weight is 280 g/mol. The van der Waals surface area contributed by atoms with Crippen LogP contribution in [0.2, 0.25) is 0 Å². The number of aromatic nitrogens is 1. The molecule has 1 heterocycles. The number of aryl methyl sites for hydroxylation is 1. The summed E-state index contributed by atoms with van der Waals surface area (Å²) in [5, 5.41) is 12.4. The molecule has 0 atom stereocenters. The lowest BCUT2D eigenvalue weighted by Gasteiger charge is -2.16. The predicted molar refractivity (Wildman–Crippen MR) is 70.7 cm³/mol. The summed E-state index contributed by atoms with van der Waals surface area (Å²) in [7, 11) is 1.61. The molecule has 1 amide bonds. The van der Waals surface area contributed by atoms with Crippen molar-refractivity contribution in [3.8, 4) is 5.75 Å². The van der Waals surface area contributed by atoms with Crippen molar-refractivity contribution in [1.82, 2.24) is 9.88 Å². The Balaban J connectivity index is 2.14. The summed E-state index contributed by atoms with van der Waals surface area (Å²) in [4.78, 5) is 17.8. The van der Waals surface area contributed by atoms with E-state index in [0.29, 0.717) is 6.54 Å². The van der Waals surface area contributed by atoms with Gasteiger partial charge in [0.15, 0.2) is 0 Å². The second-order valence-electron chi connectivity index (χ2n) is 4.18. The third kappa shape index (κ3) is 3.08. The van der Waals surface area contributed by atoms with Crippen LogP contribution < -0.4 is 0 Å². The van der Waals surface area contributed by atoms with Crippen LogP contribution in [0.15, 0.2) is 23.6 Å². The molecule has 100 valence electrons. The van der Waals surface area contributed by atoms with Crippen molar-refractivity contribution >= 4 is 17.2 Å². The lowest BCUT2D eigenvalue weighted by molar-refractivity contribution is 0.0780. The second kappa shape index (κ2) is 5.36. The Morgan fingerprint density at radius 2 is 2.26 bits per heavy atom. The Morgan fingerprint density at radius 1 is 1.53 bits per heavy atom. The lowest BCUT2D eigenvalue weighted by atomic mass is 10.1. The van der Waals surface area contributed by atoms with Crippen molar-refractivity contribution < 1.29 is 14.3 Å². The fourth-order valence-electron chi connectivity index (χ4n) is 1.69. The molecule has 0 aliphatic heterocycles. The molecule has 0 aliphatic carbocycles. The van der Waals surface area contributed by atoms with Gasteiger partial charge in [-0.2, -0.15) is 0 Å². The second-order valence-corrected chi connectivity index (χ2v) is 5.24. The van der Waals surface area contributed by atoms with Crippen LogP contribution in [0.1, 0.15) is 21.1 Å². The molecule has 19 heavy (non-hydrogen) atoms. The van der Waals surface area contributed by atoms with Gasteiger partial charge in [0.2, 0.25) is 0 Å². The van der Waals surface area contributed by atoms with E-state index in [1.54, 1.807) is 7.05 Å². The minimum absolute atomic E-state index is 0.0795. The van der Waals surface area contributed by atoms with Gasteiger partial charge in [0.25, 0.3) is 5.91 Å².